The zero-order chi connectivity index (χ0) is 13.5. The molecule has 3 rings (SSSR count). The summed E-state index contributed by atoms with van der Waals surface area (Å²) < 4.78 is 0. The number of piperidine rings is 1. The number of hydrogen-bond donors (Lipinski definition) is 1. The highest BCUT2D eigenvalue weighted by atomic mass is 32.1. The van der Waals surface area contributed by atoms with Crippen molar-refractivity contribution in [1.29, 1.82) is 0 Å². The van der Waals surface area contributed by atoms with E-state index in [1.165, 1.54) is 42.2 Å². The fourth-order valence-electron chi connectivity index (χ4n) is 3.35. The van der Waals surface area contributed by atoms with Crippen molar-refractivity contribution in [3.05, 3.63) is 21.9 Å². The van der Waals surface area contributed by atoms with Crippen LogP contribution in [0.3, 0.4) is 0 Å². The highest BCUT2D eigenvalue weighted by Crippen LogP contribution is 2.32. The Kier molecular flexibility index (Phi) is 3.71. The molecule has 1 aromatic rings. The number of nitrogens with zero attached hydrogens (tertiary/aromatic N) is 1. The lowest BCUT2D eigenvalue weighted by Gasteiger charge is -2.24. The molecule has 1 aromatic heterocycles. The SMILES string of the molecule is CC(C)(C)c1ccc(CN2C[C@@H]3CCCN[C@@H]3C2)s1. The number of fused-ring (bicyclic) bond motifs is 1. The molecule has 2 saturated heterocycles. The molecule has 1 N–H and O–H groups in total. The monoisotopic (exact) mass is 278 g/mol. The summed E-state index contributed by atoms with van der Waals surface area (Å²) in [6.45, 7) is 11.8. The van der Waals surface area contributed by atoms with Crippen LogP contribution < -0.4 is 5.32 Å². The van der Waals surface area contributed by atoms with E-state index in [0.717, 1.165) is 18.5 Å². The van der Waals surface area contributed by atoms with Gasteiger partial charge in [0.15, 0.2) is 0 Å². The van der Waals surface area contributed by atoms with Crippen LogP contribution in [0.2, 0.25) is 0 Å². The Labute approximate surface area is 121 Å². The first-order valence-corrected chi connectivity index (χ1v) is 8.39. The van der Waals surface area contributed by atoms with Gasteiger partial charge in [-0.05, 0) is 42.9 Å². The van der Waals surface area contributed by atoms with Crippen molar-refractivity contribution in [3.8, 4) is 0 Å². The molecule has 0 spiro atoms. The van der Waals surface area contributed by atoms with E-state index >= 15 is 0 Å². The lowest BCUT2D eigenvalue weighted by atomic mass is 9.94. The molecule has 106 valence electrons. The molecule has 0 saturated carbocycles. The van der Waals surface area contributed by atoms with E-state index in [9.17, 15) is 0 Å². The van der Waals surface area contributed by atoms with Gasteiger partial charge in [-0.15, -0.1) is 11.3 Å². The summed E-state index contributed by atoms with van der Waals surface area (Å²) >= 11 is 2.00. The summed E-state index contributed by atoms with van der Waals surface area (Å²) in [7, 11) is 0. The third-order valence-corrected chi connectivity index (χ3v) is 5.95. The second kappa shape index (κ2) is 5.19. The normalized spacial score (nSPS) is 28.6. The van der Waals surface area contributed by atoms with Crippen LogP contribution in [-0.2, 0) is 12.0 Å². The first kappa shape index (κ1) is 13.6. The predicted molar refractivity (Wildman–Crippen MR) is 82.8 cm³/mol. The van der Waals surface area contributed by atoms with E-state index in [2.05, 4.69) is 43.1 Å². The average Bonchev–Trinajstić information content (AvgIpc) is 2.94. The highest BCUT2D eigenvalue weighted by molar-refractivity contribution is 7.12. The van der Waals surface area contributed by atoms with Gasteiger partial charge < -0.3 is 5.32 Å². The van der Waals surface area contributed by atoms with Gasteiger partial charge in [0.2, 0.25) is 0 Å². The molecule has 0 unspecified atom stereocenters. The van der Waals surface area contributed by atoms with Crippen LogP contribution in [0.1, 0.15) is 43.4 Å². The summed E-state index contributed by atoms with van der Waals surface area (Å²) in [6, 6.07) is 5.41. The minimum Gasteiger partial charge on any atom is -0.312 e. The number of rotatable bonds is 2. The van der Waals surface area contributed by atoms with Gasteiger partial charge >= 0.3 is 0 Å². The van der Waals surface area contributed by atoms with Gasteiger partial charge in [0.25, 0.3) is 0 Å². The maximum absolute atomic E-state index is 3.69. The van der Waals surface area contributed by atoms with Crippen molar-refractivity contribution < 1.29 is 0 Å². The standard InChI is InChI=1S/C16H26N2S/c1-16(2,3)15-7-6-13(19-15)10-18-9-12-5-4-8-17-14(12)11-18/h6-7,12,14,17H,4-5,8-11H2,1-3H3/t12-,14+/m0/s1. The molecule has 19 heavy (non-hydrogen) atoms. The smallest absolute Gasteiger partial charge is 0.0328 e. The maximum Gasteiger partial charge on any atom is 0.0328 e. The van der Waals surface area contributed by atoms with E-state index < -0.39 is 0 Å². The molecular weight excluding hydrogens is 252 g/mol. The van der Waals surface area contributed by atoms with Gasteiger partial charge in [0.05, 0.1) is 0 Å². The summed E-state index contributed by atoms with van der Waals surface area (Å²) in [5, 5.41) is 3.69. The van der Waals surface area contributed by atoms with Crippen molar-refractivity contribution >= 4 is 11.3 Å². The fourth-order valence-corrected chi connectivity index (χ4v) is 4.46. The largest absolute Gasteiger partial charge is 0.312 e. The van der Waals surface area contributed by atoms with Crippen LogP contribution in [0.15, 0.2) is 12.1 Å². The fraction of sp³-hybridized carbons (Fsp3) is 0.750. The Hall–Kier alpha value is -0.380. The number of nitrogens with one attached hydrogen (secondary N) is 1. The number of hydrogen-bond acceptors (Lipinski definition) is 3. The Balaban J connectivity index is 1.61. The summed E-state index contributed by atoms with van der Waals surface area (Å²) in [5.41, 5.74) is 0.295. The molecule has 0 aliphatic carbocycles. The van der Waals surface area contributed by atoms with Gasteiger partial charge in [0, 0.05) is 35.4 Å². The van der Waals surface area contributed by atoms with Gasteiger partial charge in [-0.25, -0.2) is 0 Å². The van der Waals surface area contributed by atoms with Crippen LogP contribution in [0.5, 0.6) is 0 Å². The zero-order valence-electron chi connectivity index (χ0n) is 12.4. The molecule has 3 heteroatoms. The van der Waals surface area contributed by atoms with Crippen LogP contribution >= 0.6 is 11.3 Å². The van der Waals surface area contributed by atoms with E-state index in [4.69, 9.17) is 0 Å². The molecule has 2 aliphatic heterocycles. The quantitative estimate of drug-likeness (QED) is 0.893. The predicted octanol–water partition coefficient (Wildman–Crippen LogP) is 3.23. The van der Waals surface area contributed by atoms with Crippen LogP contribution in [0.25, 0.3) is 0 Å². The summed E-state index contributed by atoms with van der Waals surface area (Å²) in [5.74, 6) is 0.899. The van der Waals surface area contributed by atoms with Crippen LogP contribution in [-0.4, -0.2) is 30.6 Å². The van der Waals surface area contributed by atoms with Crippen molar-refractivity contribution in [2.24, 2.45) is 5.92 Å². The molecule has 3 heterocycles. The Bertz CT molecular complexity index is 418. The summed E-state index contributed by atoms with van der Waals surface area (Å²) in [4.78, 5) is 5.69. The van der Waals surface area contributed by atoms with Crippen molar-refractivity contribution in [2.45, 2.75) is 51.6 Å². The van der Waals surface area contributed by atoms with Crippen molar-refractivity contribution in [2.75, 3.05) is 19.6 Å². The molecule has 2 nitrogen and oxygen atoms in total. The van der Waals surface area contributed by atoms with E-state index in [-0.39, 0.29) is 0 Å². The molecule has 0 bridgehead atoms. The van der Waals surface area contributed by atoms with E-state index in [1.54, 1.807) is 0 Å². The molecule has 0 aromatic carbocycles. The second-order valence-corrected chi connectivity index (χ2v) is 8.34. The number of likely N-dealkylation sites (tertiary alicyclic amines) is 1. The molecule has 0 amide bonds. The average molecular weight is 278 g/mol. The van der Waals surface area contributed by atoms with Gasteiger partial charge in [0.1, 0.15) is 0 Å². The van der Waals surface area contributed by atoms with Crippen molar-refractivity contribution in [1.82, 2.24) is 10.2 Å². The minimum absolute atomic E-state index is 0.295. The van der Waals surface area contributed by atoms with E-state index in [1.807, 2.05) is 11.3 Å². The van der Waals surface area contributed by atoms with E-state index in [0.29, 0.717) is 5.41 Å². The second-order valence-electron chi connectivity index (χ2n) is 7.17. The number of thiophene rings is 1. The first-order valence-electron chi connectivity index (χ1n) is 7.57. The molecule has 0 radical (unpaired) electrons. The van der Waals surface area contributed by atoms with Gasteiger partial charge in [-0.2, -0.15) is 0 Å². The summed E-state index contributed by atoms with van der Waals surface area (Å²) in [6.07, 6.45) is 2.79. The topological polar surface area (TPSA) is 15.3 Å². The van der Waals surface area contributed by atoms with Crippen LogP contribution in [0, 0.1) is 5.92 Å². The van der Waals surface area contributed by atoms with Crippen molar-refractivity contribution in [3.63, 3.8) is 0 Å². The Morgan fingerprint density at radius 3 is 2.84 bits per heavy atom. The molecular formula is C16H26N2S. The Morgan fingerprint density at radius 1 is 1.32 bits per heavy atom. The lowest BCUT2D eigenvalue weighted by Crippen LogP contribution is -2.40. The third kappa shape index (κ3) is 3.04. The Morgan fingerprint density at radius 2 is 2.16 bits per heavy atom. The zero-order valence-corrected chi connectivity index (χ0v) is 13.2. The molecule has 2 fully saturated rings. The molecule has 2 aliphatic rings. The highest BCUT2D eigenvalue weighted by Gasteiger charge is 2.34. The molecule has 2 atom stereocenters. The maximum atomic E-state index is 3.69. The third-order valence-electron chi connectivity index (χ3n) is 4.46. The van der Waals surface area contributed by atoms with Crippen LogP contribution in [0.4, 0.5) is 0 Å². The lowest BCUT2D eigenvalue weighted by molar-refractivity contribution is 0.315. The first-order chi connectivity index (χ1) is 9.02. The van der Waals surface area contributed by atoms with Gasteiger partial charge in [-0.3, -0.25) is 4.90 Å². The van der Waals surface area contributed by atoms with Gasteiger partial charge in [-0.1, -0.05) is 20.8 Å². The minimum atomic E-state index is 0.295.